The van der Waals surface area contributed by atoms with Crippen LogP contribution in [0.25, 0.3) is 28.5 Å². The maximum Gasteiger partial charge on any atom is 0.291 e. The van der Waals surface area contributed by atoms with Crippen LogP contribution in [-0.2, 0) is 0 Å². The Labute approximate surface area is 182 Å². The molecular weight excluding hydrogens is 410 g/mol. The number of thiazole rings is 1. The number of nitrogens with zero attached hydrogens (tertiary/aromatic N) is 3. The SMILES string of the molecule is C=CCOc1ccc(-c2nc3s/c(=C/C4=Cc5ccccc5O[C@@H]4C)c(=O)n3n2)cc1. The fourth-order valence-corrected chi connectivity index (χ4v) is 4.29. The summed E-state index contributed by atoms with van der Waals surface area (Å²) in [6.07, 6.45) is 5.47. The van der Waals surface area contributed by atoms with E-state index < -0.39 is 0 Å². The minimum absolute atomic E-state index is 0.144. The van der Waals surface area contributed by atoms with Crippen molar-refractivity contribution in [2.45, 2.75) is 13.0 Å². The van der Waals surface area contributed by atoms with Crippen molar-refractivity contribution in [3.63, 3.8) is 0 Å². The molecule has 3 heterocycles. The average molecular weight is 430 g/mol. The first-order chi connectivity index (χ1) is 15.1. The molecular formula is C24H19N3O3S. The molecule has 1 atom stereocenters. The van der Waals surface area contributed by atoms with Gasteiger partial charge >= 0.3 is 0 Å². The van der Waals surface area contributed by atoms with Crippen LogP contribution in [0.4, 0.5) is 0 Å². The summed E-state index contributed by atoms with van der Waals surface area (Å²) in [6.45, 7) is 6.06. The molecule has 1 aliphatic rings. The summed E-state index contributed by atoms with van der Waals surface area (Å²) >= 11 is 1.32. The summed E-state index contributed by atoms with van der Waals surface area (Å²) in [7, 11) is 0. The molecule has 0 N–H and O–H groups in total. The highest BCUT2D eigenvalue weighted by Crippen LogP contribution is 2.29. The van der Waals surface area contributed by atoms with E-state index in [1.54, 1.807) is 6.08 Å². The summed E-state index contributed by atoms with van der Waals surface area (Å²) in [4.78, 5) is 18.0. The highest BCUT2D eigenvalue weighted by molar-refractivity contribution is 7.15. The molecule has 2 aromatic heterocycles. The highest BCUT2D eigenvalue weighted by atomic mass is 32.1. The summed E-state index contributed by atoms with van der Waals surface area (Å²) in [5.74, 6) is 2.10. The number of para-hydroxylation sites is 1. The number of benzene rings is 2. The van der Waals surface area contributed by atoms with Crippen LogP contribution < -0.4 is 19.6 Å². The topological polar surface area (TPSA) is 65.7 Å². The molecule has 0 amide bonds. The van der Waals surface area contributed by atoms with Gasteiger partial charge in [0.05, 0.1) is 4.53 Å². The van der Waals surface area contributed by atoms with Crippen LogP contribution >= 0.6 is 11.3 Å². The van der Waals surface area contributed by atoms with Crippen LogP contribution in [0.1, 0.15) is 12.5 Å². The van der Waals surface area contributed by atoms with Crippen LogP contribution in [0, 0.1) is 0 Å². The van der Waals surface area contributed by atoms with E-state index in [9.17, 15) is 4.79 Å². The van der Waals surface area contributed by atoms with Crippen LogP contribution in [0.3, 0.4) is 0 Å². The number of ether oxygens (including phenoxy) is 2. The molecule has 0 spiro atoms. The largest absolute Gasteiger partial charge is 0.490 e. The van der Waals surface area contributed by atoms with E-state index in [-0.39, 0.29) is 11.7 Å². The van der Waals surface area contributed by atoms with Gasteiger partial charge in [-0.15, -0.1) is 5.10 Å². The number of fused-ring (bicyclic) bond motifs is 2. The van der Waals surface area contributed by atoms with Crippen molar-refractivity contribution in [3.8, 4) is 22.9 Å². The third-order valence-electron chi connectivity index (χ3n) is 4.97. The second-order valence-corrected chi connectivity index (χ2v) is 8.12. The second kappa shape index (κ2) is 7.85. The normalized spacial score (nSPS) is 16.0. The van der Waals surface area contributed by atoms with E-state index in [4.69, 9.17) is 9.47 Å². The first kappa shape index (κ1) is 19.3. The molecule has 2 aromatic carbocycles. The van der Waals surface area contributed by atoms with Crippen LogP contribution in [0.5, 0.6) is 11.5 Å². The molecule has 7 heteroatoms. The van der Waals surface area contributed by atoms with Crippen molar-refractivity contribution in [3.05, 3.63) is 87.2 Å². The Hall–Kier alpha value is -3.71. The monoisotopic (exact) mass is 429 g/mol. The first-order valence-electron chi connectivity index (χ1n) is 9.85. The van der Waals surface area contributed by atoms with Gasteiger partial charge in [-0.3, -0.25) is 4.79 Å². The first-order valence-corrected chi connectivity index (χ1v) is 10.7. The zero-order valence-electron chi connectivity index (χ0n) is 16.8. The smallest absolute Gasteiger partial charge is 0.291 e. The van der Waals surface area contributed by atoms with Crippen molar-refractivity contribution in [1.29, 1.82) is 0 Å². The van der Waals surface area contributed by atoms with Crippen molar-refractivity contribution in [1.82, 2.24) is 14.6 Å². The summed E-state index contributed by atoms with van der Waals surface area (Å²) < 4.78 is 13.4. The Morgan fingerprint density at radius 1 is 1.23 bits per heavy atom. The van der Waals surface area contributed by atoms with Gasteiger partial charge < -0.3 is 9.47 Å². The van der Waals surface area contributed by atoms with E-state index in [2.05, 4.69) is 22.7 Å². The Bertz CT molecular complexity index is 1420. The lowest BCUT2D eigenvalue weighted by Gasteiger charge is -2.22. The average Bonchev–Trinajstić information content (AvgIpc) is 3.32. The summed E-state index contributed by atoms with van der Waals surface area (Å²) in [5, 5.41) is 4.42. The van der Waals surface area contributed by atoms with Gasteiger partial charge in [-0.05, 0) is 55.0 Å². The Morgan fingerprint density at radius 2 is 2.03 bits per heavy atom. The zero-order valence-corrected chi connectivity index (χ0v) is 17.6. The standard InChI is InChI=1S/C24H19N3O3S/c1-3-12-29-19-10-8-16(9-11-19)22-25-24-27(26-22)23(28)21(31-24)14-18-13-17-6-4-5-7-20(17)30-15(18)2/h3-11,13-15H,1,12H2,2H3/b21-14+/t15-/m1/s1. The van der Waals surface area contributed by atoms with Gasteiger partial charge in [0.15, 0.2) is 5.82 Å². The molecule has 0 aliphatic carbocycles. The van der Waals surface area contributed by atoms with E-state index in [1.807, 2.05) is 61.5 Å². The minimum atomic E-state index is -0.184. The minimum Gasteiger partial charge on any atom is -0.490 e. The van der Waals surface area contributed by atoms with Crippen molar-refractivity contribution >= 4 is 28.4 Å². The molecule has 1 aliphatic heterocycles. The van der Waals surface area contributed by atoms with Gasteiger partial charge in [0, 0.05) is 11.1 Å². The van der Waals surface area contributed by atoms with Gasteiger partial charge in [0.1, 0.15) is 24.2 Å². The predicted molar refractivity (Wildman–Crippen MR) is 122 cm³/mol. The maximum atomic E-state index is 12.9. The van der Waals surface area contributed by atoms with Crippen molar-refractivity contribution < 1.29 is 9.47 Å². The molecule has 0 saturated carbocycles. The number of hydrogen-bond acceptors (Lipinski definition) is 6. The third kappa shape index (κ3) is 3.64. The van der Waals surface area contributed by atoms with Crippen molar-refractivity contribution in [2.75, 3.05) is 6.61 Å². The van der Waals surface area contributed by atoms with E-state index in [0.717, 1.165) is 28.2 Å². The van der Waals surface area contributed by atoms with E-state index >= 15 is 0 Å². The zero-order chi connectivity index (χ0) is 21.4. The highest BCUT2D eigenvalue weighted by Gasteiger charge is 2.18. The van der Waals surface area contributed by atoms with E-state index in [0.29, 0.717) is 21.9 Å². The van der Waals surface area contributed by atoms with Crippen LogP contribution in [0.2, 0.25) is 0 Å². The molecule has 0 unspecified atom stereocenters. The number of aromatic nitrogens is 3. The van der Waals surface area contributed by atoms with Gasteiger partial charge in [0.25, 0.3) is 5.56 Å². The molecule has 0 radical (unpaired) electrons. The predicted octanol–water partition coefficient (Wildman–Crippen LogP) is 3.75. The van der Waals surface area contributed by atoms with Gasteiger partial charge in [-0.2, -0.15) is 9.50 Å². The Balaban J connectivity index is 1.48. The quantitative estimate of drug-likeness (QED) is 0.452. The molecule has 0 bridgehead atoms. The molecule has 4 aromatic rings. The number of rotatable bonds is 5. The Kier molecular flexibility index (Phi) is 4.88. The fraction of sp³-hybridized carbons (Fsp3) is 0.125. The molecule has 154 valence electrons. The fourth-order valence-electron chi connectivity index (χ4n) is 3.38. The summed E-state index contributed by atoms with van der Waals surface area (Å²) in [6, 6.07) is 15.3. The Morgan fingerprint density at radius 3 is 2.81 bits per heavy atom. The van der Waals surface area contributed by atoms with Crippen molar-refractivity contribution in [2.24, 2.45) is 0 Å². The van der Waals surface area contributed by atoms with Gasteiger partial charge in [-0.25, -0.2) is 0 Å². The maximum absolute atomic E-state index is 12.9. The summed E-state index contributed by atoms with van der Waals surface area (Å²) in [5.41, 5.74) is 2.58. The van der Waals surface area contributed by atoms with Gasteiger partial charge in [-0.1, -0.05) is 42.2 Å². The van der Waals surface area contributed by atoms with E-state index in [1.165, 1.54) is 15.9 Å². The van der Waals surface area contributed by atoms with Crippen LogP contribution in [0.15, 0.2) is 71.6 Å². The molecule has 0 saturated heterocycles. The number of hydrogen-bond donors (Lipinski definition) is 0. The molecule has 0 fully saturated rings. The lowest BCUT2D eigenvalue weighted by Crippen LogP contribution is -2.26. The lowest BCUT2D eigenvalue weighted by atomic mass is 10.0. The van der Waals surface area contributed by atoms with Crippen LogP contribution in [-0.4, -0.2) is 27.3 Å². The molecule has 31 heavy (non-hydrogen) atoms. The van der Waals surface area contributed by atoms with Gasteiger partial charge in [0.2, 0.25) is 4.96 Å². The molecule has 5 rings (SSSR count). The second-order valence-electron chi connectivity index (χ2n) is 7.11. The third-order valence-corrected chi connectivity index (χ3v) is 5.93. The molecule has 6 nitrogen and oxygen atoms in total. The lowest BCUT2D eigenvalue weighted by molar-refractivity contribution is 0.259.